The molecule has 0 bridgehead atoms. The number of methoxy groups -OCH3 is 2. The predicted molar refractivity (Wildman–Crippen MR) is 121 cm³/mol. The minimum Gasteiger partial charge on any atom is -0.493 e. The van der Waals surface area contributed by atoms with Gasteiger partial charge in [-0.3, -0.25) is 9.59 Å². The van der Waals surface area contributed by atoms with Gasteiger partial charge in [-0.1, -0.05) is 12.1 Å². The van der Waals surface area contributed by atoms with E-state index in [2.05, 4.69) is 10.2 Å². The van der Waals surface area contributed by atoms with E-state index in [1.807, 2.05) is 6.92 Å². The standard InChI is InChI=1S/C22H26ClN3O6/c1-6-31-18-13-9-11-16(21(18)32-7-2)26(23)22(28)19(14(3)27)25-24-15-10-8-12-17(29-4)20(15)30-5/h8-13,19H,6-7H2,1-5H3. The van der Waals surface area contributed by atoms with Crippen molar-refractivity contribution in [2.24, 2.45) is 10.2 Å². The molecule has 2 aromatic carbocycles. The minimum atomic E-state index is -1.48. The lowest BCUT2D eigenvalue weighted by atomic mass is 10.2. The number of rotatable bonds is 11. The van der Waals surface area contributed by atoms with Crippen LogP contribution in [-0.2, 0) is 9.59 Å². The molecule has 1 unspecified atom stereocenters. The van der Waals surface area contributed by atoms with Crippen molar-refractivity contribution in [2.45, 2.75) is 26.8 Å². The number of para-hydroxylation sites is 2. The molecule has 9 nitrogen and oxygen atoms in total. The Bertz CT molecular complexity index is 982. The second kappa shape index (κ2) is 11.9. The van der Waals surface area contributed by atoms with Crippen LogP contribution < -0.4 is 23.4 Å². The van der Waals surface area contributed by atoms with Gasteiger partial charge in [0.15, 0.2) is 28.8 Å². The summed E-state index contributed by atoms with van der Waals surface area (Å²) in [4.78, 5) is 25.3. The molecule has 1 atom stereocenters. The molecule has 1 amide bonds. The van der Waals surface area contributed by atoms with Crippen molar-refractivity contribution < 1.29 is 28.5 Å². The van der Waals surface area contributed by atoms with Gasteiger partial charge in [-0.2, -0.15) is 10.2 Å². The smallest absolute Gasteiger partial charge is 0.276 e. The summed E-state index contributed by atoms with van der Waals surface area (Å²) in [6.45, 7) is 5.56. The number of benzene rings is 2. The van der Waals surface area contributed by atoms with Crippen molar-refractivity contribution in [2.75, 3.05) is 31.9 Å². The fourth-order valence-corrected chi connectivity index (χ4v) is 3.04. The average Bonchev–Trinajstić information content (AvgIpc) is 2.79. The van der Waals surface area contributed by atoms with Crippen LogP contribution in [0.3, 0.4) is 0 Å². The van der Waals surface area contributed by atoms with Gasteiger partial charge < -0.3 is 18.9 Å². The summed E-state index contributed by atoms with van der Waals surface area (Å²) in [5, 5.41) is 8.00. The Morgan fingerprint density at radius 1 is 0.969 bits per heavy atom. The molecule has 2 aromatic rings. The minimum absolute atomic E-state index is 0.227. The van der Waals surface area contributed by atoms with Crippen LogP contribution in [0, 0.1) is 0 Å². The summed E-state index contributed by atoms with van der Waals surface area (Å²) < 4.78 is 22.5. The van der Waals surface area contributed by atoms with Gasteiger partial charge in [-0.15, -0.1) is 0 Å². The number of anilines is 1. The zero-order valence-electron chi connectivity index (χ0n) is 18.6. The van der Waals surface area contributed by atoms with E-state index in [0.717, 1.165) is 4.42 Å². The normalized spacial score (nSPS) is 11.7. The molecule has 0 N–H and O–H groups in total. The third-order valence-electron chi connectivity index (χ3n) is 4.23. The van der Waals surface area contributed by atoms with E-state index in [4.69, 9.17) is 30.7 Å². The highest BCUT2D eigenvalue weighted by atomic mass is 35.5. The van der Waals surface area contributed by atoms with Crippen LogP contribution in [0.15, 0.2) is 46.6 Å². The molecular weight excluding hydrogens is 438 g/mol. The maximum atomic E-state index is 13.1. The molecule has 10 heteroatoms. The fraction of sp³-hybridized carbons (Fsp3) is 0.364. The van der Waals surface area contributed by atoms with E-state index >= 15 is 0 Å². The number of nitrogens with zero attached hydrogens (tertiary/aromatic N) is 3. The second-order valence-corrected chi connectivity index (χ2v) is 6.67. The highest BCUT2D eigenvalue weighted by Crippen LogP contribution is 2.40. The zero-order valence-corrected chi connectivity index (χ0v) is 19.4. The SMILES string of the molecule is CCOc1cccc(N(Cl)C(=O)C(N=Nc2cccc(OC)c2OC)C(C)=O)c1OCC. The molecular formula is C22H26ClN3O6. The van der Waals surface area contributed by atoms with Crippen LogP contribution in [0.25, 0.3) is 0 Å². The van der Waals surface area contributed by atoms with Crippen LogP contribution in [0.5, 0.6) is 23.0 Å². The maximum Gasteiger partial charge on any atom is 0.276 e. The second-order valence-electron chi connectivity index (χ2n) is 6.33. The van der Waals surface area contributed by atoms with Gasteiger partial charge in [-0.25, -0.2) is 4.42 Å². The van der Waals surface area contributed by atoms with Gasteiger partial charge in [0.2, 0.25) is 6.04 Å². The topological polar surface area (TPSA) is 99.0 Å². The molecule has 0 aromatic heterocycles. The summed E-state index contributed by atoms with van der Waals surface area (Å²) in [6, 6.07) is 8.45. The van der Waals surface area contributed by atoms with E-state index in [0.29, 0.717) is 36.1 Å². The Kier molecular flexibility index (Phi) is 9.27. The van der Waals surface area contributed by atoms with E-state index in [9.17, 15) is 9.59 Å². The van der Waals surface area contributed by atoms with E-state index < -0.39 is 17.7 Å². The van der Waals surface area contributed by atoms with E-state index in [-0.39, 0.29) is 11.4 Å². The molecule has 172 valence electrons. The van der Waals surface area contributed by atoms with E-state index in [1.54, 1.807) is 43.3 Å². The number of carbonyl (C=O) groups excluding carboxylic acids is 2. The largest absolute Gasteiger partial charge is 0.493 e. The van der Waals surface area contributed by atoms with Crippen LogP contribution >= 0.6 is 11.8 Å². The lowest BCUT2D eigenvalue weighted by molar-refractivity contribution is -0.126. The van der Waals surface area contributed by atoms with Crippen molar-refractivity contribution in [1.82, 2.24) is 0 Å². The van der Waals surface area contributed by atoms with Crippen LogP contribution in [0.1, 0.15) is 20.8 Å². The Labute approximate surface area is 192 Å². The predicted octanol–water partition coefficient (Wildman–Crippen LogP) is 4.73. The number of ketones is 1. The van der Waals surface area contributed by atoms with Gasteiger partial charge in [-0.05, 0) is 45.0 Å². The zero-order chi connectivity index (χ0) is 23.7. The molecule has 0 saturated carbocycles. The van der Waals surface area contributed by atoms with Gasteiger partial charge in [0, 0.05) is 11.8 Å². The number of azo groups is 1. The van der Waals surface area contributed by atoms with Gasteiger partial charge in [0.1, 0.15) is 11.4 Å². The third kappa shape index (κ3) is 5.67. The number of hydrogen-bond donors (Lipinski definition) is 0. The molecule has 0 aliphatic carbocycles. The lowest BCUT2D eigenvalue weighted by Gasteiger charge is -2.21. The molecule has 32 heavy (non-hydrogen) atoms. The Morgan fingerprint density at radius 2 is 1.62 bits per heavy atom. The highest BCUT2D eigenvalue weighted by molar-refractivity contribution is 6.39. The van der Waals surface area contributed by atoms with Crippen LogP contribution in [-0.4, -0.2) is 45.2 Å². The molecule has 0 aliphatic heterocycles. The average molecular weight is 464 g/mol. The van der Waals surface area contributed by atoms with Gasteiger partial charge in [0.05, 0.1) is 27.4 Å². The molecule has 0 aliphatic rings. The van der Waals surface area contributed by atoms with Gasteiger partial charge in [0.25, 0.3) is 5.91 Å². The maximum absolute atomic E-state index is 13.1. The summed E-state index contributed by atoms with van der Waals surface area (Å²) >= 11 is 6.35. The summed E-state index contributed by atoms with van der Waals surface area (Å²) in [6.07, 6.45) is 0. The number of hydrogen-bond acceptors (Lipinski definition) is 8. The highest BCUT2D eigenvalue weighted by Gasteiger charge is 2.31. The first-order valence-corrected chi connectivity index (χ1v) is 10.2. The first-order valence-electron chi connectivity index (χ1n) is 9.90. The fourth-order valence-electron chi connectivity index (χ4n) is 2.82. The Hall–Kier alpha value is -3.33. The molecule has 0 heterocycles. The van der Waals surface area contributed by atoms with Crippen molar-refractivity contribution in [3.05, 3.63) is 36.4 Å². The Balaban J connectivity index is 2.40. The summed E-state index contributed by atoms with van der Waals surface area (Å²) in [5.41, 5.74) is 0.519. The first kappa shape index (κ1) is 24.9. The summed E-state index contributed by atoms with van der Waals surface area (Å²) in [7, 11) is 2.93. The quantitative estimate of drug-likeness (QED) is 0.271. The number of amides is 1. The molecule has 2 rings (SSSR count). The van der Waals surface area contributed by atoms with Gasteiger partial charge >= 0.3 is 0 Å². The first-order chi connectivity index (χ1) is 15.4. The van der Waals surface area contributed by atoms with Crippen molar-refractivity contribution in [3.63, 3.8) is 0 Å². The Morgan fingerprint density at radius 3 is 2.22 bits per heavy atom. The van der Waals surface area contributed by atoms with Crippen molar-refractivity contribution in [1.29, 1.82) is 0 Å². The number of halogens is 1. The number of ether oxygens (including phenoxy) is 4. The lowest BCUT2D eigenvalue weighted by Crippen LogP contribution is -2.36. The number of Topliss-reactive ketones (excluding diaryl/α,β-unsaturated/α-hetero) is 1. The molecule has 0 saturated heterocycles. The van der Waals surface area contributed by atoms with Crippen molar-refractivity contribution in [3.8, 4) is 23.0 Å². The van der Waals surface area contributed by atoms with Crippen molar-refractivity contribution >= 4 is 34.8 Å². The molecule has 0 spiro atoms. The summed E-state index contributed by atoms with van der Waals surface area (Å²) in [5.74, 6) is 0.132. The molecule has 0 radical (unpaired) electrons. The monoisotopic (exact) mass is 463 g/mol. The van der Waals surface area contributed by atoms with Crippen LogP contribution in [0.4, 0.5) is 11.4 Å². The van der Waals surface area contributed by atoms with Crippen LogP contribution in [0.2, 0.25) is 0 Å². The number of carbonyl (C=O) groups is 2. The van der Waals surface area contributed by atoms with E-state index in [1.165, 1.54) is 21.1 Å². The molecule has 0 fully saturated rings. The third-order valence-corrected chi connectivity index (χ3v) is 4.58.